The number of anilines is 1. The lowest BCUT2D eigenvalue weighted by atomic mass is 9.94. The second kappa shape index (κ2) is 4.63. The van der Waals surface area contributed by atoms with Crippen molar-refractivity contribution in [2.24, 2.45) is 5.73 Å². The number of carbonyl (C=O) groups is 1. The lowest BCUT2D eigenvalue weighted by Crippen LogP contribution is -2.46. The molecular weight excluding hydrogens is 220 g/mol. The van der Waals surface area contributed by atoms with Crippen LogP contribution in [-0.2, 0) is 11.2 Å². The summed E-state index contributed by atoms with van der Waals surface area (Å²) in [6.45, 7) is 0. The number of benzene rings is 1. The van der Waals surface area contributed by atoms with E-state index in [9.17, 15) is 4.79 Å². The maximum absolute atomic E-state index is 10.9. The number of fused-ring (bicyclic) bond motifs is 1. The number of methoxy groups -OCH3 is 2. The first-order chi connectivity index (χ1) is 8.19. The molecule has 0 bridgehead atoms. The summed E-state index contributed by atoms with van der Waals surface area (Å²) in [5.74, 6) is 1.31. The SMILES string of the molecule is COc1cc2c(cc1OC)NC(C=O)C(N)C2. The van der Waals surface area contributed by atoms with E-state index in [1.54, 1.807) is 14.2 Å². The minimum Gasteiger partial charge on any atom is -0.493 e. The van der Waals surface area contributed by atoms with Crippen LogP contribution in [0.15, 0.2) is 12.1 Å². The molecule has 0 saturated carbocycles. The van der Waals surface area contributed by atoms with Crippen molar-refractivity contribution >= 4 is 12.0 Å². The molecule has 2 atom stereocenters. The van der Waals surface area contributed by atoms with E-state index in [0.717, 1.165) is 17.5 Å². The average molecular weight is 236 g/mol. The van der Waals surface area contributed by atoms with E-state index in [0.29, 0.717) is 17.9 Å². The Kier molecular flexibility index (Phi) is 3.19. The van der Waals surface area contributed by atoms with E-state index in [1.165, 1.54) is 0 Å². The van der Waals surface area contributed by atoms with Crippen molar-refractivity contribution in [2.45, 2.75) is 18.5 Å². The molecule has 0 spiro atoms. The Morgan fingerprint density at radius 1 is 1.35 bits per heavy atom. The maximum Gasteiger partial charge on any atom is 0.162 e. The monoisotopic (exact) mass is 236 g/mol. The van der Waals surface area contributed by atoms with Gasteiger partial charge < -0.3 is 25.3 Å². The molecule has 2 rings (SSSR count). The van der Waals surface area contributed by atoms with Crippen molar-refractivity contribution in [3.05, 3.63) is 17.7 Å². The Morgan fingerprint density at radius 2 is 2.00 bits per heavy atom. The predicted molar refractivity (Wildman–Crippen MR) is 64.7 cm³/mol. The summed E-state index contributed by atoms with van der Waals surface area (Å²) in [5.41, 5.74) is 7.81. The topological polar surface area (TPSA) is 73.6 Å². The summed E-state index contributed by atoms with van der Waals surface area (Å²) >= 11 is 0. The molecule has 1 heterocycles. The number of aldehydes is 1. The van der Waals surface area contributed by atoms with Gasteiger partial charge in [-0.1, -0.05) is 0 Å². The molecule has 17 heavy (non-hydrogen) atoms. The molecule has 1 aliphatic heterocycles. The van der Waals surface area contributed by atoms with Crippen LogP contribution in [0.25, 0.3) is 0 Å². The van der Waals surface area contributed by atoms with Gasteiger partial charge in [0.2, 0.25) is 0 Å². The zero-order chi connectivity index (χ0) is 12.4. The first-order valence-electron chi connectivity index (χ1n) is 5.42. The van der Waals surface area contributed by atoms with Gasteiger partial charge in [-0.3, -0.25) is 0 Å². The molecular formula is C12H16N2O3. The van der Waals surface area contributed by atoms with Gasteiger partial charge in [-0.15, -0.1) is 0 Å². The van der Waals surface area contributed by atoms with Crippen LogP contribution >= 0.6 is 0 Å². The third-order valence-electron chi connectivity index (χ3n) is 3.00. The summed E-state index contributed by atoms with van der Waals surface area (Å²) in [6.07, 6.45) is 1.48. The van der Waals surface area contributed by atoms with E-state index in [2.05, 4.69) is 5.32 Å². The van der Waals surface area contributed by atoms with Crippen LogP contribution in [0.5, 0.6) is 11.5 Å². The van der Waals surface area contributed by atoms with Crippen LogP contribution < -0.4 is 20.5 Å². The van der Waals surface area contributed by atoms with Crippen molar-refractivity contribution < 1.29 is 14.3 Å². The molecule has 1 aromatic carbocycles. The van der Waals surface area contributed by atoms with Crippen molar-refractivity contribution in [2.75, 3.05) is 19.5 Å². The number of hydrogen-bond donors (Lipinski definition) is 2. The first-order valence-corrected chi connectivity index (χ1v) is 5.42. The largest absolute Gasteiger partial charge is 0.493 e. The Balaban J connectivity index is 2.41. The van der Waals surface area contributed by atoms with Crippen molar-refractivity contribution in [1.82, 2.24) is 0 Å². The van der Waals surface area contributed by atoms with Gasteiger partial charge in [0.1, 0.15) is 6.29 Å². The second-order valence-corrected chi connectivity index (χ2v) is 4.04. The smallest absolute Gasteiger partial charge is 0.162 e. The van der Waals surface area contributed by atoms with Gasteiger partial charge in [-0.2, -0.15) is 0 Å². The molecule has 92 valence electrons. The van der Waals surface area contributed by atoms with Crippen molar-refractivity contribution in [1.29, 1.82) is 0 Å². The van der Waals surface area contributed by atoms with Gasteiger partial charge in [0, 0.05) is 17.8 Å². The van der Waals surface area contributed by atoms with Crippen molar-refractivity contribution in [3.8, 4) is 11.5 Å². The highest BCUT2D eigenvalue weighted by atomic mass is 16.5. The molecule has 5 nitrogen and oxygen atoms in total. The first kappa shape index (κ1) is 11.7. The normalized spacial score (nSPS) is 22.3. The van der Waals surface area contributed by atoms with Crippen molar-refractivity contribution in [3.63, 3.8) is 0 Å². The molecule has 1 aromatic rings. The van der Waals surface area contributed by atoms with Crippen LogP contribution in [0.2, 0.25) is 0 Å². The lowest BCUT2D eigenvalue weighted by Gasteiger charge is -2.29. The Bertz CT molecular complexity index is 434. The quantitative estimate of drug-likeness (QED) is 0.750. The Labute approximate surface area is 99.9 Å². The highest BCUT2D eigenvalue weighted by Crippen LogP contribution is 2.36. The number of hydrogen-bond acceptors (Lipinski definition) is 5. The van der Waals surface area contributed by atoms with Crippen LogP contribution in [0.4, 0.5) is 5.69 Å². The maximum atomic E-state index is 10.9. The summed E-state index contributed by atoms with van der Waals surface area (Å²) in [7, 11) is 3.17. The number of nitrogens with two attached hydrogens (primary N) is 1. The van der Waals surface area contributed by atoms with Crippen LogP contribution in [0.1, 0.15) is 5.56 Å². The fourth-order valence-electron chi connectivity index (χ4n) is 2.03. The fourth-order valence-corrected chi connectivity index (χ4v) is 2.03. The van der Waals surface area contributed by atoms with Gasteiger partial charge in [0.05, 0.1) is 20.3 Å². The standard InChI is InChI=1S/C12H16N2O3/c1-16-11-4-7-3-8(13)10(6-15)14-9(7)5-12(11)17-2/h4-6,8,10,14H,3,13H2,1-2H3. The molecule has 3 N–H and O–H groups in total. The number of carbonyl (C=O) groups excluding carboxylic acids is 1. The summed E-state index contributed by atoms with van der Waals surface area (Å²) < 4.78 is 10.4. The Hall–Kier alpha value is -1.75. The van der Waals surface area contributed by atoms with E-state index < -0.39 is 0 Å². The second-order valence-electron chi connectivity index (χ2n) is 4.04. The van der Waals surface area contributed by atoms with Crippen LogP contribution in [-0.4, -0.2) is 32.6 Å². The van der Waals surface area contributed by atoms with Gasteiger partial charge in [0.25, 0.3) is 0 Å². The van der Waals surface area contributed by atoms with Gasteiger partial charge in [-0.25, -0.2) is 0 Å². The Morgan fingerprint density at radius 3 is 2.59 bits per heavy atom. The molecule has 1 aliphatic rings. The number of ether oxygens (including phenoxy) is 2. The van der Waals surface area contributed by atoms with E-state index in [1.807, 2.05) is 12.1 Å². The lowest BCUT2D eigenvalue weighted by molar-refractivity contribution is -0.108. The van der Waals surface area contributed by atoms with Gasteiger partial charge in [0.15, 0.2) is 11.5 Å². The number of nitrogens with one attached hydrogen (secondary N) is 1. The molecule has 0 amide bonds. The highest BCUT2D eigenvalue weighted by molar-refractivity contribution is 5.71. The molecule has 2 unspecified atom stereocenters. The molecule has 0 aromatic heterocycles. The minimum absolute atomic E-state index is 0.210. The zero-order valence-electron chi connectivity index (χ0n) is 9.90. The summed E-state index contributed by atoms with van der Waals surface area (Å²) in [4.78, 5) is 10.9. The van der Waals surface area contributed by atoms with Crippen LogP contribution in [0.3, 0.4) is 0 Å². The van der Waals surface area contributed by atoms with Gasteiger partial charge >= 0.3 is 0 Å². The molecule has 5 heteroatoms. The zero-order valence-corrected chi connectivity index (χ0v) is 9.90. The van der Waals surface area contributed by atoms with Crippen LogP contribution in [0, 0.1) is 0 Å². The number of rotatable bonds is 3. The van der Waals surface area contributed by atoms with E-state index in [4.69, 9.17) is 15.2 Å². The van der Waals surface area contributed by atoms with Gasteiger partial charge in [-0.05, 0) is 18.1 Å². The minimum atomic E-state index is -0.347. The van der Waals surface area contributed by atoms with E-state index >= 15 is 0 Å². The average Bonchev–Trinajstić information content (AvgIpc) is 2.36. The fraction of sp³-hybridized carbons (Fsp3) is 0.417. The molecule has 0 fully saturated rings. The summed E-state index contributed by atoms with van der Waals surface area (Å²) in [5, 5.41) is 3.09. The predicted octanol–water partition coefficient (Wildman–Crippen LogP) is 0.567. The molecule has 0 saturated heterocycles. The van der Waals surface area contributed by atoms with E-state index in [-0.39, 0.29) is 12.1 Å². The third-order valence-corrected chi connectivity index (χ3v) is 3.00. The third kappa shape index (κ3) is 2.06. The summed E-state index contributed by atoms with van der Waals surface area (Å²) in [6, 6.07) is 3.16. The highest BCUT2D eigenvalue weighted by Gasteiger charge is 2.26. The molecule has 0 radical (unpaired) electrons. The molecule has 0 aliphatic carbocycles.